The van der Waals surface area contributed by atoms with Gasteiger partial charge in [-0.2, -0.15) is 0 Å². The third-order valence-corrected chi connectivity index (χ3v) is 5.35. The van der Waals surface area contributed by atoms with E-state index in [9.17, 15) is 0 Å². The van der Waals surface area contributed by atoms with Crippen LogP contribution in [0.5, 0.6) is 0 Å². The van der Waals surface area contributed by atoms with Gasteiger partial charge in [-0.25, -0.2) is 9.97 Å². The summed E-state index contributed by atoms with van der Waals surface area (Å²) in [4.78, 5) is 11.1. The highest BCUT2D eigenvalue weighted by Crippen LogP contribution is 2.25. The number of nitrogens with one attached hydrogen (secondary N) is 1. The summed E-state index contributed by atoms with van der Waals surface area (Å²) in [5, 5.41) is 5.13. The molecule has 0 saturated carbocycles. The van der Waals surface area contributed by atoms with Gasteiger partial charge in [0.1, 0.15) is 0 Å². The molecule has 5 nitrogen and oxygen atoms in total. The Labute approximate surface area is 148 Å². The number of nitrogens with zero attached hydrogens (tertiary/aromatic N) is 4. The fourth-order valence-corrected chi connectivity index (χ4v) is 3.85. The Morgan fingerprint density at radius 3 is 2.80 bits per heavy atom. The molecule has 1 atom stereocenters. The van der Waals surface area contributed by atoms with Gasteiger partial charge in [0.05, 0.1) is 0 Å². The molecule has 2 aromatic heterocycles. The molecule has 0 radical (unpaired) electrons. The van der Waals surface area contributed by atoms with Gasteiger partial charge in [0, 0.05) is 61.7 Å². The molecule has 5 heteroatoms. The molecule has 3 heterocycles. The number of anilines is 1. The summed E-state index contributed by atoms with van der Waals surface area (Å²) in [6, 6.07) is 11.0. The number of rotatable bonds is 4. The highest BCUT2D eigenvalue weighted by atomic mass is 15.3. The summed E-state index contributed by atoms with van der Waals surface area (Å²) in [5.41, 5.74) is 4.05. The second-order valence-corrected chi connectivity index (χ2v) is 6.85. The van der Waals surface area contributed by atoms with Crippen molar-refractivity contribution >= 4 is 16.9 Å². The minimum Gasteiger partial charge on any atom is -0.348 e. The van der Waals surface area contributed by atoms with E-state index in [2.05, 4.69) is 63.0 Å². The Hall–Kier alpha value is -2.40. The smallest absolute Gasteiger partial charge is 0.225 e. The molecule has 0 bridgehead atoms. The van der Waals surface area contributed by atoms with Crippen LogP contribution in [-0.4, -0.2) is 33.7 Å². The fourth-order valence-electron chi connectivity index (χ4n) is 3.85. The Morgan fingerprint density at radius 1 is 1.16 bits per heavy atom. The van der Waals surface area contributed by atoms with Gasteiger partial charge in [0.2, 0.25) is 5.95 Å². The molecule has 1 aliphatic heterocycles. The van der Waals surface area contributed by atoms with Gasteiger partial charge < -0.3 is 14.8 Å². The van der Waals surface area contributed by atoms with Crippen LogP contribution in [0.15, 0.2) is 42.7 Å². The van der Waals surface area contributed by atoms with E-state index in [1.807, 2.05) is 18.5 Å². The second kappa shape index (κ2) is 6.84. The summed E-state index contributed by atoms with van der Waals surface area (Å²) in [6.45, 7) is 5.12. The number of piperidine rings is 1. The number of aryl methyl sites for hydroxylation is 1. The maximum Gasteiger partial charge on any atom is 0.225 e. The van der Waals surface area contributed by atoms with Crippen molar-refractivity contribution < 1.29 is 0 Å². The van der Waals surface area contributed by atoms with Crippen molar-refractivity contribution in [1.82, 2.24) is 19.9 Å². The van der Waals surface area contributed by atoms with E-state index in [0.29, 0.717) is 6.04 Å². The van der Waals surface area contributed by atoms with Gasteiger partial charge in [-0.15, -0.1) is 0 Å². The number of benzene rings is 1. The van der Waals surface area contributed by atoms with Crippen LogP contribution in [0, 0.1) is 6.92 Å². The Balaban J connectivity index is 1.48. The van der Waals surface area contributed by atoms with Crippen molar-refractivity contribution in [3.05, 3.63) is 54.0 Å². The van der Waals surface area contributed by atoms with Crippen molar-refractivity contribution in [3.63, 3.8) is 0 Å². The summed E-state index contributed by atoms with van der Waals surface area (Å²) >= 11 is 0. The normalized spacial score (nSPS) is 18.0. The first-order valence-corrected chi connectivity index (χ1v) is 9.02. The van der Waals surface area contributed by atoms with Gasteiger partial charge in [-0.3, -0.25) is 0 Å². The average molecular weight is 335 g/mol. The lowest BCUT2D eigenvalue weighted by Crippen LogP contribution is -2.46. The quantitative estimate of drug-likeness (QED) is 0.796. The molecular formula is C20H25N5. The Morgan fingerprint density at radius 2 is 1.96 bits per heavy atom. The number of aromatic nitrogens is 3. The van der Waals surface area contributed by atoms with E-state index in [1.54, 1.807) is 0 Å². The van der Waals surface area contributed by atoms with E-state index in [4.69, 9.17) is 0 Å². The molecule has 1 fully saturated rings. The largest absolute Gasteiger partial charge is 0.348 e. The predicted octanol–water partition coefficient (Wildman–Crippen LogP) is 3.04. The summed E-state index contributed by atoms with van der Waals surface area (Å²) in [5.74, 6) is 0.843. The van der Waals surface area contributed by atoms with Gasteiger partial charge in [-0.05, 0) is 37.5 Å². The number of fused-ring (bicyclic) bond motifs is 1. The topological polar surface area (TPSA) is 46.0 Å². The first-order chi connectivity index (χ1) is 12.2. The minimum atomic E-state index is 0.468. The SMILES string of the molecule is Cc1c(CN[C@H]2CCCN(c3ncccn3)C2)c2ccccc2n1C. The molecule has 25 heavy (non-hydrogen) atoms. The van der Waals surface area contributed by atoms with E-state index in [1.165, 1.54) is 35.0 Å². The van der Waals surface area contributed by atoms with Crippen LogP contribution in [0.4, 0.5) is 5.95 Å². The summed E-state index contributed by atoms with van der Waals surface area (Å²) in [6.07, 6.45) is 6.01. The molecule has 0 unspecified atom stereocenters. The van der Waals surface area contributed by atoms with Crippen molar-refractivity contribution in [1.29, 1.82) is 0 Å². The van der Waals surface area contributed by atoms with Gasteiger partial charge in [0.15, 0.2) is 0 Å². The lowest BCUT2D eigenvalue weighted by atomic mass is 10.0. The molecule has 0 amide bonds. The molecule has 130 valence electrons. The zero-order chi connectivity index (χ0) is 17.2. The molecule has 1 N–H and O–H groups in total. The van der Waals surface area contributed by atoms with Crippen molar-refractivity contribution in [3.8, 4) is 0 Å². The van der Waals surface area contributed by atoms with Gasteiger partial charge in [0.25, 0.3) is 0 Å². The minimum absolute atomic E-state index is 0.468. The highest BCUT2D eigenvalue weighted by molar-refractivity contribution is 5.85. The van der Waals surface area contributed by atoms with E-state index >= 15 is 0 Å². The van der Waals surface area contributed by atoms with Crippen LogP contribution in [0.1, 0.15) is 24.1 Å². The molecule has 3 aromatic rings. The molecule has 1 saturated heterocycles. The van der Waals surface area contributed by atoms with Gasteiger partial charge in [-0.1, -0.05) is 18.2 Å². The van der Waals surface area contributed by atoms with Crippen molar-refractivity contribution in [2.45, 2.75) is 32.4 Å². The number of hydrogen-bond acceptors (Lipinski definition) is 4. The molecule has 0 aliphatic carbocycles. The number of para-hydroxylation sites is 1. The Bertz CT molecular complexity index is 855. The molecule has 0 spiro atoms. The van der Waals surface area contributed by atoms with Crippen molar-refractivity contribution in [2.75, 3.05) is 18.0 Å². The van der Waals surface area contributed by atoms with Crippen LogP contribution < -0.4 is 10.2 Å². The summed E-state index contributed by atoms with van der Waals surface area (Å²) in [7, 11) is 2.15. The monoisotopic (exact) mass is 335 g/mol. The standard InChI is InChI=1S/C20H25N5/c1-15-18(17-8-3-4-9-19(17)24(15)2)13-23-16-7-5-12-25(14-16)20-21-10-6-11-22-20/h3-4,6,8-11,16,23H,5,7,12-14H2,1-2H3/t16-/m0/s1. The molecular weight excluding hydrogens is 310 g/mol. The third-order valence-electron chi connectivity index (χ3n) is 5.35. The molecule has 4 rings (SSSR count). The second-order valence-electron chi connectivity index (χ2n) is 6.85. The number of hydrogen-bond donors (Lipinski definition) is 1. The lowest BCUT2D eigenvalue weighted by molar-refractivity contribution is 0.418. The maximum absolute atomic E-state index is 4.40. The van der Waals surface area contributed by atoms with Crippen LogP contribution in [-0.2, 0) is 13.6 Å². The zero-order valence-corrected chi connectivity index (χ0v) is 14.9. The fraction of sp³-hybridized carbons (Fsp3) is 0.400. The average Bonchev–Trinajstić information content (AvgIpc) is 2.92. The Kier molecular flexibility index (Phi) is 4.40. The van der Waals surface area contributed by atoms with E-state index in [-0.39, 0.29) is 0 Å². The van der Waals surface area contributed by atoms with Crippen LogP contribution in [0.25, 0.3) is 10.9 Å². The van der Waals surface area contributed by atoms with Crippen LogP contribution in [0.3, 0.4) is 0 Å². The van der Waals surface area contributed by atoms with Gasteiger partial charge >= 0.3 is 0 Å². The summed E-state index contributed by atoms with van der Waals surface area (Å²) < 4.78 is 2.29. The predicted molar refractivity (Wildman–Crippen MR) is 102 cm³/mol. The maximum atomic E-state index is 4.40. The van der Waals surface area contributed by atoms with E-state index < -0.39 is 0 Å². The first-order valence-electron chi connectivity index (χ1n) is 9.02. The third kappa shape index (κ3) is 3.12. The van der Waals surface area contributed by atoms with Crippen molar-refractivity contribution in [2.24, 2.45) is 7.05 Å². The lowest BCUT2D eigenvalue weighted by Gasteiger charge is -2.33. The first kappa shape index (κ1) is 16.1. The van der Waals surface area contributed by atoms with Crippen LogP contribution in [0.2, 0.25) is 0 Å². The zero-order valence-electron chi connectivity index (χ0n) is 14.9. The highest BCUT2D eigenvalue weighted by Gasteiger charge is 2.22. The molecule has 1 aliphatic rings. The van der Waals surface area contributed by atoms with Crippen LogP contribution >= 0.6 is 0 Å². The van der Waals surface area contributed by atoms with E-state index in [0.717, 1.165) is 25.6 Å². The molecule has 1 aromatic carbocycles.